The number of anilines is 1. The fourth-order valence-corrected chi connectivity index (χ4v) is 5.79. The van der Waals surface area contributed by atoms with Crippen molar-refractivity contribution in [1.82, 2.24) is 10.2 Å². The van der Waals surface area contributed by atoms with E-state index in [9.17, 15) is 14.7 Å². The van der Waals surface area contributed by atoms with Crippen LogP contribution >= 0.6 is 11.3 Å². The molecule has 2 aromatic carbocycles. The van der Waals surface area contributed by atoms with Crippen molar-refractivity contribution in [3.63, 3.8) is 0 Å². The van der Waals surface area contributed by atoms with Crippen LogP contribution in [0.5, 0.6) is 17.2 Å². The molecule has 0 spiro atoms. The summed E-state index contributed by atoms with van der Waals surface area (Å²) in [5.74, 6) is 0.966. The van der Waals surface area contributed by atoms with Crippen LogP contribution in [-0.2, 0) is 30.7 Å². The van der Waals surface area contributed by atoms with Crippen LogP contribution in [0.4, 0.5) is 5.00 Å². The maximum atomic E-state index is 12.8. The van der Waals surface area contributed by atoms with Gasteiger partial charge in [0.15, 0.2) is 11.5 Å². The van der Waals surface area contributed by atoms with Crippen LogP contribution in [0.2, 0.25) is 0 Å². The summed E-state index contributed by atoms with van der Waals surface area (Å²) >= 11 is 1.33. The van der Waals surface area contributed by atoms with E-state index in [0.29, 0.717) is 42.6 Å². The monoisotopic (exact) mass is 509 g/mol. The second kappa shape index (κ2) is 10.1. The molecule has 4 N–H and O–H groups in total. The number of thiophene rings is 1. The summed E-state index contributed by atoms with van der Waals surface area (Å²) in [4.78, 5) is 27.9. The summed E-state index contributed by atoms with van der Waals surface area (Å²) in [5, 5.41) is 13.1. The number of amides is 1. The topological polar surface area (TPSA) is 123 Å². The number of nitrogens with zero attached hydrogens (tertiary/aromatic N) is 1. The lowest BCUT2D eigenvalue weighted by molar-refractivity contribution is -0.120. The molecule has 2 aliphatic heterocycles. The van der Waals surface area contributed by atoms with E-state index in [1.165, 1.54) is 11.3 Å². The number of carbonyl (C=O) groups excluding carboxylic acids is 1. The minimum atomic E-state index is -1.01. The predicted octanol–water partition coefficient (Wildman–Crippen LogP) is 3.05. The molecule has 2 aliphatic rings. The molecule has 1 aromatic heterocycles. The molecule has 36 heavy (non-hydrogen) atoms. The fraction of sp³-hybridized carbons (Fsp3) is 0.308. The number of hydrogen-bond donors (Lipinski definition) is 3. The number of carboxylic acid groups (broad SMARTS) is 1. The van der Waals surface area contributed by atoms with E-state index in [1.54, 1.807) is 13.2 Å². The zero-order valence-corrected chi connectivity index (χ0v) is 20.6. The van der Waals surface area contributed by atoms with Gasteiger partial charge in [-0.15, -0.1) is 11.3 Å². The van der Waals surface area contributed by atoms with E-state index in [4.69, 9.17) is 19.9 Å². The third-order valence-electron chi connectivity index (χ3n) is 6.52. The van der Waals surface area contributed by atoms with E-state index in [2.05, 4.69) is 10.2 Å². The molecule has 0 radical (unpaired) electrons. The van der Waals surface area contributed by atoms with Gasteiger partial charge in [0.2, 0.25) is 12.7 Å². The lowest BCUT2D eigenvalue weighted by atomic mass is 9.95. The van der Waals surface area contributed by atoms with Crippen LogP contribution in [-0.4, -0.2) is 48.4 Å². The molecular formula is C26H27N3O6S. The van der Waals surface area contributed by atoms with Crippen molar-refractivity contribution in [2.45, 2.75) is 32.0 Å². The van der Waals surface area contributed by atoms with Gasteiger partial charge >= 0.3 is 5.97 Å². The van der Waals surface area contributed by atoms with Crippen molar-refractivity contribution >= 4 is 28.2 Å². The number of carbonyl (C=O) groups is 2. The lowest BCUT2D eigenvalue weighted by Gasteiger charge is -2.36. The Labute approximate surface area is 212 Å². The number of fused-ring (bicyclic) bond motifs is 2. The first-order chi connectivity index (χ1) is 17.4. The molecule has 1 amide bonds. The van der Waals surface area contributed by atoms with Crippen LogP contribution in [0, 0.1) is 0 Å². The molecule has 9 nitrogen and oxygen atoms in total. The van der Waals surface area contributed by atoms with E-state index < -0.39 is 5.97 Å². The van der Waals surface area contributed by atoms with Crippen LogP contribution in [0.1, 0.15) is 31.9 Å². The van der Waals surface area contributed by atoms with Gasteiger partial charge in [0.25, 0.3) is 0 Å². The van der Waals surface area contributed by atoms with Crippen molar-refractivity contribution in [1.29, 1.82) is 0 Å². The molecule has 0 aliphatic carbocycles. The maximum Gasteiger partial charge on any atom is 0.338 e. The van der Waals surface area contributed by atoms with Gasteiger partial charge < -0.3 is 30.4 Å². The molecule has 1 unspecified atom stereocenters. The zero-order valence-electron chi connectivity index (χ0n) is 19.8. The number of methoxy groups -OCH3 is 1. The van der Waals surface area contributed by atoms with Gasteiger partial charge in [-0.3, -0.25) is 9.69 Å². The molecule has 0 saturated heterocycles. The highest BCUT2D eigenvalue weighted by molar-refractivity contribution is 7.16. The number of rotatable bonds is 8. The molecule has 0 saturated carbocycles. The first-order valence-corrected chi connectivity index (χ1v) is 12.4. The number of aromatic carboxylic acids is 1. The first-order valence-electron chi connectivity index (χ1n) is 11.6. The van der Waals surface area contributed by atoms with Gasteiger partial charge in [0, 0.05) is 30.6 Å². The minimum absolute atomic E-state index is 0.0904. The molecule has 10 heteroatoms. The number of nitrogen functional groups attached to an aromatic ring is 1. The Morgan fingerprint density at radius 2 is 1.92 bits per heavy atom. The number of nitrogens with one attached hydrogen (secondary N) is 1. The second-order valence-corrected chi connectivity index (χ2v) is 9.96. The van der Waals surface area contributed by atoms with E-state index >= 15 is 0 Å². The third kappa shape index (κ3) is 4.95. The van der Waals surface area contributed by atoms with Gasteiger partial charge in [0.05, 0.1) is 19.1 Å². The van der Waals surface area contributed by atoms with Gasteiger partial charge in [-0.05, 0) is 47.4 Å². The molecule has 5 rings (SSSR count). The summed E-state index contributed by atoms with van der Waals surface area (Å²) in [5.41, 5.74) is 8.95. The quantitative estimate of drug-likeness (QED) is 0.423. The van der Waals surface area contributed by atoms with Crippen LogP contribution < -0.4 is 25.3 Å². The SMILES string of the molecule is COc1ccc(CN2Cc3sc(N)c(C(=O)O)c3CC2CNC(=O)Cc2ccc3c(c2)OCO3)cc1. The van der Waals surface area contributed by atoms with Crippen LogP contribution in [0.3, 0.4) is 0 Å². The van der Waals surface area contributed by atoms with Gasteiger partial charge in [-0.1, -0.05) is 18.2 Å². The second-order valence-electron chi connectivity index (χ2n) is 8.83. The van der Waals surface area contributed by atoms with Gasteiger partial charge in [-0.25, -0.2) is 4.79 Å². The Morgan fingerprint density at radius 3 is 2.67 bits per heavy atom. The van der Waals surface area contributed by atoms with Gasteiger partial charge in [0.1, 0.15) is 10.8 Å². The Morgan fingerprint density at radius 1 is 1.17 bits per heavy atom. The zero-order chi connectivity index (χ0) is 25.2. The van der Waals surface area contributed by atoms with Crippen LogP contribution in [0.25, 0.3) is 0 Å². The first kappa shape index (κ1) is 24.0. The molecule has 3 heterocycles. The Kier molecular flexibility index (Phi) is 6.71. The summed E-state index contributed by atoms with van der Waals surface area (Å²) in [7, 11) is 1.63. The van der Waals surface area contributed by atoms with E-state index in [0.717, 1.165) is 27.3 Å². The summed E-state index contributed by atoms with van der Waals surface area (Å²) in [6, 6.07) is 13.2. The van der Waals surface area contributed by atoms with Crippen LogP contribution in [0.15, 0.2) is 42.5 Å². The number of carboxylic acids is 1. The van der Waals surface area contributed by atoms with Crippen molar-refractivity contribution in [3.8, 4) is 17.2 Å². The number of hydrogen-bond acceptors (Lipinski definition) is 8. The third-order valence-corrected chi connectivity index (χ3v) is 7.56. The highest BCUT2D eigenvalue weighted by Gasteiger charge is 2.33. The van der Waals surface area contributed by atoms with Crippen molar-refractivity contribution in [2.24, 2.45) is 0 Å². The maximum absolute atomic E-state index is 12.8. The molecule has 1 atom stereocenters. The predicted molar refractivity (Wildman–Crippen MR) is 135 cm³/mol. The highest BCUT2D eigenvalue weighted by Crippen LogP contribution is 2.37. The largest absolute Gasteiger partial charge is 0.497 e. The standard InChI is InChI=1S/C26H27N3O6S/c1-33-18-5-2-15(3-6-18)12-29-13-22-19(24(26(31)32)25(27)36-22)10-17(29)11-28-23(30)9-16-4-7-20-21(8-16)35-14-34-20/h2-8,17H,9-14,27H2,1H3,(H,28,30)(H,31,32). The molecule has 0 bridgehead atoms. The lowest BCUT2D eigenvalue weighted by Crippen LogP contribution is -2.47. The Balaban J connectivity index is 1.31. The normalized spacial score (nSPS) is 16.4. The number of nitrogens with two attached hydrogens (primary N) is 1. The summed E-state index contributed by atoms with van der Waals surface area (Å²) in [6.45, 7) is 1.77. The van der Waals surface area contributed by atoms with E-state index in [-0.39, 0.29) is 30.7 Å². The highest BCUT2D eigenvalue weighted by atomic mass is 32.1. The minimum Gasteiger partial charge on any atom is -0.497 e. The molecule has 3 aromatic rings. The molecular weight excluding hydrogens is 482 g/mol. The van der Waals surface area contributed by atoms with Crippen molar-refractivity contribution < 1.29 is 28.9 Å². The van der Waals surface area contributed by atoms with E-state index in [1.807, 2.05) is 36.4 Å². The fourth-order valence-electron chi connectivity index (χ4n) is 4.67. The molecule has 0 fully saturated rings. The van der Waals surface area contributed by atoms with Gasteiger partial charge in [-0.2, -0.15) is 0 Å². The Hall–Kier alpha value is -3.76. The van der Waals surface area contributed by atoms with Crippen molar-refractivity contribution in [3.05, 3.63) is 69.6 Å². The summed E-state index contributed by atoms with van der Waals surface area (Å²) < 4.78 is 16.0. The van der Waals surface area contributed by atoms with Crippen molar-refractivity contribution in [2.75, 3.05) is 26.2 Å². The number of benzene rings is 2. The average Bonchev–Trinajstić information content (AvgIpc) is 3.45. The number of ether oxygens (including phenoxy) is 3. The summed E-state index contributed by atoms with van der Waals surface area (Å²) in [6.07, 6.45) is 0.698. The molecule has 188 valence electrons. The Bertz CT molecular complexity index is 1290. The smallest absolute Gasteiger partial charge is 0.338 e. The average molecular weight is 510 g/mol.